The van der Waals surface area contributed by atoms with Crippen LogP contribution >= 0.6 is 11.8 Å². The number of nitrogens with zero attached hydrogens (tertiary/aromatic N) is 2. The van der Waals surface area contributed by atoms with E-state index in [-0.39, 0.29) is 11.9 Å². The van der Waals surface area contributed by atoms with Crippen molar-refractivity contribution in [3.05, 3.63) is 29.8 Å². The molecule has 2 atom stereocenters. The third kappa shape index (κ3) is 2.79. The second-order valence-corrected chi connectivity index (χ2v) is 6.03. The molecule has 98 valence electrons. The fourth-order valence-corrected chi connectivity index (χ4v) is 3.54. The number of rotatable bonds is 4. The predicted molar refractivity (Wildman–Crippen MR) is 75.3 cm³/mol. The van der Waals surface area contributed by atoms with Crippen molar-refractivity contribution in [2.75, 3.05) is 13.6 Å². The number of thioether (sulfide) groups is 1. The molecule has 0 spiro atoms. The van der Waals surface area contributed by atoms with Crippen LogP contribution in [0.25, 0.3) is 0 Å². The first-order valence-electron chi connectivity index (χ1n) is 6.04. The van der Waals surface area contributed by atoms with Crippen LogP contribution in [0.4, 0.5) is 0 Å². The maximum atomic E-state index is 8.69. The first-order chi connectivity index (χ1) is 8.61. The van der Waals surface area contributed by atoms with Crippen LogP contribution in [0.2, 0.25) is 0 Å². The van der Waals surface area contributed by atoms with E-state index in [2.05, 4.69) is 34.3 Å². The highest BCUT2D eigenvalue weighted by Crippen LogP contribution is 2.37. The van der Waals surface area contributed by atoms with Gasteiger partial charge in [0.1, 0.15) is 0 Å². The first-order valence-corrected chi connectivity index (χ1v) is 6.92. The van der Waals surface area contributed by atoms with Gasteiger partial charge in [-0.05, 0) is 32.0 Å². The lowest BCUT2D eigenvalue weighted by Crippen LogP contribution is -2.43. The molecule has 1 aliphatic rings. The van der Waals surface area contributed by atoms with Crippen molar-refractivity contribution in [2.24, 2.45) is 10.9 Å². The summed E-state index contributed by atoms with van der Waals surface area (Å²) in [6.07, 6.45) is 1.09. The van der Waals surface area contributed by atoms with Gasteiger partial charge in [-0.2, -0.15) is 0 Å². The third-order valence-electron chi connectivity index (χ3n) is 3.41. The van der Waals surface area contributed by atoms with E-state index in [4.69, 9.17) is 10.9 Å². The number of benzene rings is 1. The van der Waals surface area contributed by atoms with Crippen molar-refractivity contribution >= 4 is 17.6 Å². The van der Waals surface area contributed by atoms with Crippen LogP contribution in [0.1, 0.15) is 12.5 Å². The Balaban J connectivity index is 1.93. The minimum absolute atomic E-state index is 0.0423. The molecule has 0 fully saturated rings. The fraction of sp³-hybridized carbons (Fsp3) is 0.462. The van der Waals surface area contributed by atoms with Gasteiger partial charge in [0.25, 0.3) is 0 Å². The first kappa shape index (κ1) is 13.2. The summed E-state index contributed by atoms with van der Waals surface area (Å²) in [4.78, 5) is 3.51. The molecule has 1 heterocycles. The molecule has 1 aromatic rings. The van der Waals surface area contributed by atoms with Crippen molar-refractivity contribution in [1.82, 2.24) is 4.90 Å². The SMILES string of the molecule is CC(C(N)=NO)N(C)CC1Cc2ccccc2S1. The molecule has 0 bridgehead atoms. The Morgan fingerprint density at radius 1 is 1.61 bits per heavy atom. The standard InChI is InChI=1S/C13H19N3OS/c1-9(13(14)15-17)16(2)8-11-7-10-5-3-4-6-12(10)18-11/h3-6,9,11,17H,7-8H2,1-2H3,(H2,14,15). The largest absolute Gasteiger partial charge is 0.409 e. The van der Waals surface area contributed by atoms with Crippen molar-refractivity contribution < 1.29 is 5.21 Å². The molecule has 5 heteroatoms. The number of hydrogen-bond acceptors (Lipinski definition) is 4. The molecule has 0 saturated carbocycles. The summed E-state index contributed by atoms with van der Waals surface area (Å²) < 4.78 is 0. The Hall–Kier alpha value is -1.20. The lowest BCUT2D eigenvalue weighted by Gasteiger charge is -2.25. The van der Waals surface area contributed by atoms with Gasteiger partial charge in [0.05, 0.1) is 6.04 Å². The average Bonchev–Trinajstić information content (AvgIpc) is 2.78. The second-order valence-electron chi connectivity index (χ2n) is 4.69. The number of fused-ring (bicyclic) bond motifs is 1. The monoisotopic (exact) mass is 265 g/mol. The topological polar surface area (TPSA) is 61.9 Å². The van der Waals surface area contributed by atoms with E-state index < -0.39 is 0 Å². The van der Waals surface area contributed by atoms with Crippen molar-refractivity contribution in [1.29, 1.82) is 0 Å². The maximum absolute atomic E-state index is 8.69. The van der Waals surface area contributed by atoms with E-state index in [1.165, 1.54) is 10.5 Å². The summed E-state index contributed by atoms with van der Waals surface area (Å²) in [6, 6.07) is 8.49. The molecular weight excluding hydrogens is 246 g/mol. The molecule has 2 unspecified atom stereocenters. The van der Waals surface area contributed by atoms with Gasteiger partial charge in [0, 0.05) is 16.7 Å². The molecule has 0 aliphatic carbocycles. The van der Waals surface area contributed by atoms with Gasteiger partial charge in [-0.3, -0.25) is 4.90 Å². The van der Waals surface area contributed by atoms with Crippen LogP contribution in [0.15, 0.2) is 34.3 Å². The number of likely N-dealkylation sites (N-methyl/N-ethyl adjacent to an activating group) is 1. The summed E-state index contributed by atoms with van der Waals surface area (Å²) in [7, 11) is 2.01. The molecular formula is C13H19N3OS. The van der Waals surface area contributed by atoms with Gasteiger partial charge in [0.15, 0.2) is 5.84 Å². The van der Waals surface area contributed by atoms with Gasteiger partial charge in [-0.15, -0.1) is 11.8 Å². The number of oxime groups is 1. The Bertz CT molecular complexity index is 425. The van der Waals surface area contributed by atoms with Crippen LogP contribution in [0.3, 0.4) is 0 Å². The van der Waals surface area contributed by atoms with Crippen molar-refractivity contribution in [2.45, 2.75) is 29.5 Å². The lowest BCUT2D eigenvalue weighted by atomic mass is 10.1. The highest BCUT2D eigenvalue weighted by Gasteiger charge is 2.25. The van der Waals surface area contributed by atoms with Gasteiger partial charge in [-0.25, -0.2) is 0 Å². The molecule has 0 saturated heterocycles. The molecule has 0 amide bonds. The van der Waals surface area contributed by atoms with E-state index in [0.29, 0.717) is 5.25 Å². The van der Waals surface area contributed by atoms with E-state index in [1.54, 1.807) is 0 Å². The molecule has 3 N–H and O–H groups in total. The molecule has 1 aliphatic heterocycles. The molecule has 2 rings (SSSR count). The Labute approximate surface area is 112 Å². The van der Waals surface area contributed by atoms with E-state index in [1.807, 2.05) is 25.7 Å². The van der Waals surface area contributed by atoms with Crippen LogP contribution < -0.4 is 5.73 Å². The minimum atomic E-state index is -0.0423. The molecule has 1 aromatic carbocycles. The summed E-state index contributed by atoms with van der Waals surface area (Å²) in [5.41, 5.74) is 7.06. The molecule has 0 aromatic heterocycles. The zero-order valence-electron chi connectivity index (χ0n) is 10.7. The van der Waals surface area contributed by atoms with Crippen molar-refractivity contribution in [3.8, 4) is 0 Å². The molecule has 18 heavy (non-hydrogen) atoms. The van der Waals surface area contributed by atoms with E-state index >= 15 is 0 Å². The zero-order valence-corrected chi connectivity index (χ0v) is 11.5. The van der Waals surface area contributed by atoms with E-state index in [9.17, 15) is 0 Å². The number of hydrogen-bond donors (Lipinski definition) is 2. The Kier molecular flexibility index (Phi) is 4.14. The second kappa shape index (κ2) is 5.63. The average molecular weight is 265 g/mol. The van der Waals surface area contributed by atoms with Gasteiger partial charge in [-0.1, -0.05) is 23.4 Å². The van der Waals surface area contributed by atoms with Gasteiger partial charge in [0.2, 0.25) is 0 Å². The van der Waals surface area contributed by atoms with Crippen LogP contribution in [-0.2, 0) is 6.42 Å². The summed E-state index contributed by atoms with van der Waals surface area (Å²) in [5, 5.41) is 12.3. The molecule has 0 radical (unpaired) electrons. The van der Waals surface area contributed by atoms with Gasteiger partial charge < -0.3 is 10.9 Å². The van der Waals surface area contributed by atoms with Gasteiger partial charge >= 0.3 is 0 Å². The third-order valence-corrected chi connectivity index (χ3v) is 4.71. The molecule has 4 nitrogen and oxygen atoms in total. The zero-order chi connectivity index (χ0) is 13.1. The quantitative estimate of drug-likeness (QED) is 0.377. The highest BCUT2D eigenvalue weighted by molar-refractivity contribution is 8.00. The Morgan fingerprint density at radius 3 is 3.00 bits per heavy atom. The Morgan fingerprint density at radius 2 is 2.33 bits per heavy atom. The number of nitrogens with two attached hydrogens (primary N) is 1. The van der Waals surface area contributed by atoms with E-state index in [0.717, 1.165) is 13.0 Å². The minimum Gasteiger partial charge on any atom is -0.409 e. The summed E-state index contributed by atoms with van der Waals surface area (Å²) >= 11 is 1.92. The maximum Gasteiger partial charge on any atom is 0.156 e. The number of amidine groups is 1. The normalized spacial score (nSPS) is 21.1. The van der Waals surface area contributed by atoms with Crippen molar-refractivity contribution in [3.63, 3.8) is 0 Å². The fourth-order valence-electron chi connectivity index (χ4n) is 2.14. The lowest BCUT2D eigenvalue weighted by molar-refractivity contribution is 0.284. The van der Waals surface area contributed by atoms with Crippen LogP contribution in [-0.4, -0.2) is 40.8 Å². The predicted octanol–water partition coefficient (Wildman–Crippen LogP) is 1.77. The summed E-state index contributed by atoms with van der Waals surface area (Å²) in [5.74, 6) is 0.262. The smallest absolute Gasteiger partial charge is 0.156 e. The van der Waals surface area contributed by atoms with Crippen LogP contribution in [0.5, 0.6) is 0 Å². The van der Waals surface area contributed by atoms with Crippen LogP contribution in [0, 0.1) is 0 Å². The summed E-state index contributed by atoms with van der Waals surface area (Å²) in [6.45, 7) is 2.87. The highest BCUT2D eigenvalue weighted by atomic mass is 32.2.